The minimum atomic E-state index is -0.474. The summed E-state index contributed by atoms with van der Waals surface area (Å²) in [4.78, 5) is 14.0. The van der Waals surface area contributed by atoms with E-state index in [1.54, 1.807) is 4.90 Å². The number of benzene rings is 1. The third kappa shape index (κ3) is 5.13. The van der Waals surface area contributed by atoms with E-state index in [0.717, 1.165) is 30.8 Å². The van der Waals surface area contributed by atoms with E-state index in [-0.39, 0.29) is 6.09 Å². The highest BCUT2D eigenvalue weighted by molar-refractivity contribution is 5.68. The summed E-state index contributed by atoms with van der Waals surface area (Å²) in [5.74, 6) is 0.827. The maximum absolute atomic E-state index is 12.2. The summed E-state index contributed by atoms with van der Waals surface area (Å²) in [5.41, 5.74) is 0.534. The van der Waals surface area contributed by atoms with Crippen LogP contribution in [0.3, 0.4) is 0 Å². The van der Waals surface area contributed by atoms with Crippen LogP contribution in [0, 0.1) is 0 Å². The van der Waals surface area contributed by atoms with Gasteiger partial charge in [-0.2, -0.15) is 0 Å². The van der Waals surface area contributed by atoms with Crippen LogP contribution in [0.4, 0.5) is 10.5 Å². The summed E-state index contributed by atoms with van der Waals surface area (Å²) in [6, 6.07) is 7.89. The van der Waals surface area contributed by atoms with Crippen molar-refractivity contribution in [1.29, 1.82) is 0 Å². The first-order valence-electron chi connectivity index (χ1n) is 7.89. The number of nitrogens with one attached hydrogen (secondary N) is 1. The third-order valence-corrected chi connectivity index (χ3v) is 3.33. The molecule has 2 rings (SSSR count). The molecule has 22 heavy (non-hydrogen) atoms. The molecule has 0 radical (unpaired) electrons. The van der Waals surface area contributed by atoms with Gasteiger partial charge in [0.15, 0.2) is 0 Å². The molecule has 0 fully saturated rings. The average Bonchev–Trinajstić information content (AvgIpc) is 2.48. The zero-order valence-electron chi connectivity index (χ0n) is 13.7. The van der Waals surface area contributed by atoms with Crippen molar-refractivity contribution in [3.63, 3.8) is 0 Å². The number of hydrogen-bond donors (Lipinski definition) is 1. The Bertz CT molecular complexity index is 497. The third-order valence-electron chi connectivity index (χ3n) is 3.33. The molecule has 0 spiro atoms. The number of anilines is 1. The van der Waals surface area contributed by atoms with Crippen molar-refractivity contribution >= 4 is 11.8 Å². The molecule has 0 saturated carbocycles. The van der Waals surface area contributed by atoms with Gasteiger partial charge in [-0.1, -0.05) is 12.1 Å². The van der Waals surface area contributed by atoms with Crippen molar-refractivity contribution in [2.45, 2.75) is 39.2 Å². The molecule has 1 aliphatic heterocycles. The largest absolute Gasteiger partial charge is 0.490 e. The smallest absolute Gasteiger partial charge is 0.410 e. The fraction of sp³-hybridized carbons (Fsp3) is 0.588. The van der Waals surface area contributed by atoms with Crippen LogP contribution >= 0.6 is 0 Å². The Labute approximate surface area is 132 Å². The van der Waals surface area contributed by atoms with Crippen LogP contribution in [0.25, 0.3) is 0 Å². The van der Waals surface area contributed by atoms with Gasteiger partial charge in [0.2, 0.25) is 0 Å². The van der Waals surface area contributed by atoms with Crippen molar-refractivity contribution in [3.05, 3.63) is 24.3 Å². The standard InChI is InChI=1S/C17H26N2O3/c1-17(2,3)22-16(20)19-11-7-6-10-18-14-8-4-5-9-15(14)21-13-12-19/h4-5,8-9,18H,6-7,10-13H2,1-3H3. The van der Waals surface area contributed by atoms with Gasteiger partial charge in [-0.15, -0.1) is 0 Å². The maximum atomic E-state index is 12.2. The van der Waals surface area contributed by atoms with Crippen LogP contribution in [0.2, 0.25) is 0 Å². The van der Waals surface area contributed by atoms with Crippen LogP contribution in [0.15, 0.2) is 24.3 Å². The highest BCUT2D eigenvalue weighted by Gasteiger charge is 2.22. The number of amides is 1. The number of nitrogens with zero attached hydrogens (tertiary/aromatic N) is 1. The summed E-state index contributed by atoms with van der Waals surface area (Å²) < 4.78 is 11.3. The fourth-order valence-electron chi connectivity index (χ4n) is 2.28. The van der Waals surface area contributed by atoms with E-state index in [0.29, 0.717) is 19.7 Å². The Morgan fingerprint density at radius 2 is 2.00 bits per heavy atom. The molecule has 5 nitrogen and oxygen atoms in total. The monoisotopic (exact) mass is 306 g/mol. The topological polar surface area (TPSA) is 50.8 Å². The second kappa shape index (κ2) is 7.38. The van der Waals surface area contributed by atoms with Gasteiger partial charge in [0.25, 0.3) is 0 Å². The van der Waals surface area contributed by atoms with Gasteiger partial charge in [0, 0.05) is 13.1 Å². The summed E-state index contributed by atoms with van der Waals surface area (Å²) in [7, 11) is 0. The molecule has 1 amide bonds. The Morgan fingerprint density at radius 1 is 1.23 bits per heavy atom. The first-order valence-corrected chi connectivity index (χ1v) is 7.89. The van der Waals surface area contributed by atoms with Crippen molar-refractivity contribution in [2.24, 2.45) is 0 Å². The van der Waals surface area contributed by atoms with Gasteiger partial charge in [-0.3, -0.25) is 0 Å². The van der Waals surface area contributed by atoms with E-state index < -0.39 is 5.60 Å². The van der Waals surface area contributed by atoms with Crippen molar-refractivity contribution < 1.29 is 14.3 Å². The van der Waals surface area contributed by atoms with Gasteiger partial charge in [0.1, 0.15) is 18.0 Å². The summed E-state index contributed by atoms with van der Waals surface area (Å²) in [5, 5.41) is 3.38. The first kappa shape index (κ1) is 16.5. The molecule has 0 saturated heterocycles. The molecule has 1 aliphatic rings. The second-order valence-corrected chi connectivity index (χ2v) is 6.45. The highest BCUT2D eigenvalue weighted by atomic mass is 16.6. The summed E-state index contributed by atoms with van der Waals surface area (Å²) in [6.45, 7) is 8.19. The molecule has 5 heteroatoms. The van der Waals surface area contributed by atoms with Gasteiger partial charge in [-0.05, 0) is 45.7 Å². The van der Waals surface area contributed by atoms with E-state index in [1.165, 1.54) is 0 Å². The molecule has 0 atom stereocenters. The molecule has 122 valence electrons. The number of hydrogen-bond acceptors (Lipinski definition) is 4. The molecule has 0 aliphatic carbocycles. The molecule has 1 aromatic carbocycles. The molecule has 1 N–H and O–H groups in total. The van der Waals surface area contributed by atoms with E-state index in [2.05, 4.69) is 5.32 Å². The lowest BCUT2D eigenvalue weighted by atomic mass is 10.2. The van der Waals surface area contributed by atoms with E-state index in [1.807, 2.05) is 45.0 Å². The normalized spacial score (nSPS) is 16.6. The fourth-order valence-corrected chi connectivity index (χ4v) is 2.28. The van der Waals surface area contributed by atoms with Crippen LogP contribution in [-0.2, 0) is 4.74 Å². The second-order valence-electron chi connectivity index (χ2n) is 6.45. The SMILES string of the molecule is CC(C)(C)OC(=O)N1CCCCNc2ccccc2OCC1. The maximum Gasteiger partial charge on any atom is 0.410 e. The van der Waals surface area contributed by atoms with Gasteiger partial charge in [-0.25, -0.2) is 4.79 Å². The number of carbonyl (C=O) groups excluding carboxylic acids is 1. The number of rotatable bonds is 0. The summed E-state index contributed by atoms with van der Waals surface area (Å²) >= 11 is 0. The Kier molecular flexibility index (Phi) is 5.52. The molecular formula is C17H26N2O3. The van der Waals surface area contributed by atoms with Crippen LogP contribution in [-0.4, -0.2) is 42.8 Å². The van der Waals surface area contributed by atoms with Crippen LogP contribution in [0.5, 0.6) is 5.75 Å². The molecule has 1 aromatic rings. The minimum absolute atomic E-state index is 0.267. The zero-order chi connectivity index (χ0) is 16.0. The number of para-hydroxylation sites is 2. The van der Waals surface area contributed by atoms with E-state index in [9.17, 15) is 4.79 Å². The number of ether oxygens (including phenoxy) is 2. The Hall–Kier alpha value is -1.91. The van der Waals surface area contributed by atoms with Crippen molar-refractivity contribution in [2.75, 3.05) is 31.6 Å². The lowest BCUT2D eigenvalue weighted by Gasteiger charge is -2.27. The van der Waals surface area contributed by atoms with Crippen molar-refractivity contribution in [1.82, 2.24) is 4.90 Å². The summed E-state index contributed by atoms with van der Waals surface area (Å²) in [6.07, 6.45) is 1.67. The predicted octanol–water partition coefficient (Wildman–Crippen LogP) is 3.51. The van der Waals surface area contributed by atoms with Gasteiger partial charge < -0.3 is 19.7 Å². The Morgan fingerprint density at radius 3 is 2.77 bits per heavy atom. The average molecular weight is 306 g/mol. The van der Waals surface area contributed by atoms with Gasteiger partial charge >= 0.3 is 6.09 Å². The van der Waals surface area contributed by atoms with Crippen LogP contribution in [0.1, 0.15) is 33.6 Å². The molecular weight excluding hydrogens is 280 g/mol. The predicted molar refractivity (Wildman–Crippen MR) is 87.5 cm³/mol. The van der Waals surface area contributed by atoms with Crippen LogP contribution < -0.4 is 10.1 Å². The lowest BCUT2D eigenvalue weighted by molar-refractivity contribution is 0.0224. The highest BCUT2D eigenvalue weighted by Crippen LogP contribution is 2.24. The van der Waals surface area contributed by atoms with E-state index >= 15 is 0 Å². The molecule has 0 aromatic heterocycles. The lowest BCUT2D eigenvalue weighted by Crippen LogP contribution is -2.39. The van der Waals surface area contributed by atoms with E-state index in [4.69, 9.17) is 9.47 Å². The zero-order valence-corrected chi connectivity index (χ0v) is 13.7. The Balaban J connectivity index is 2.00. The molecule has 0 unspecified atom stereocenters. The molecule has 0 bridgehead atoms. The van der Waals surface area contributed by atoms with Crippen molar-refractivity contribution in [3.8, 4) is 5.75 Å². The quantitative estimate of drug-likeness (QED) is 0.797. The van der Waals surface area contributed by atoms with Gasteiger partial charge in [0.05, 0.1) is 12.2 Å². The molecule has 1 heterocycles. The minimum Gasteiger partial charge on any atom is -0.490 e. The number of carbonyl (C=O) groups is 1. The first-order chi connectivity index (χ1) is 10.5. The number of fused-ring (bicyclic) bond motifs is 1.